The predicted octanol–water partition coefficient (Wildman–Crippen LogP) is 1.47. The van der Waals surface area contributed by atoms with Gasteiger partial charge in [-0.3, -0.25) is 0 Å². The first-order valence-corrected chi connectivity index (χ1v) is 4.08. The molecule has 0 saturated heterocycles. The molecule has 0 aliphatic carbocycles. The minimum Gasteiger partial charge on any atom is -0.390 e. The lowest BCUT2D eigenvalue weighted by Gasteiger charge is -2.15. The summed E-state index contributed by atoms with van der Waals surface area (Å²) >= 11 is 0. The van der Waals surface area contributed by atoms with Crippen LogP contribution in [-0.4, -0.2) is 22.4 Å². The van der Waals surface area contributed by atoms with Crippen LogP contribution in [0.15, 0.2) is 12.2 Å². The van der Waals surface area contributed by atoms with Crippen LogP contribution < -0.4 is 0 Å². The molecule has 2 atom stereocenters. The summed E-state index contributed by atoms with van der Waals surface area (Å²) in [5.41, 5.74) is 1.05. The number of rotatable bonds is 5. The SMILES string of the molecule is C=C(C)CCC(O)C(O)CC. The van der Waals surface area contributed by atoms with Crippen LogP contribution in [0, 0.1) is 0 Å². The molecule has 0 bridgehead atoms. The van der Waals surface area contributed by atoms with Gasteiger partial charge in [-0.15, -0.1) is 6.58 Å². The van der Waals surface area contributed by atoms with Crippen LogP contribution in [0.4, 0.5) is 0 Å². The average Bonchev–Trinajstić information content (AvgIpc) is 1.98. The van der Waals surface area contributed by atoms with E-state index in [1.807, 2.05) is 13.8 Å². The molecule has 0 aromatic carbocycles. The van der Waals surface area contributed by atoms with E-state index in [-0.39, 0.29) is 0 Å². The third-order valence-corrected chi connectivity index (χ3v) is 1.73. The molecule has 0 rings (SSSR count). The molecule has 11 heavy (non-hydrogen) atoms. The van der Waals surface area contributed by atoms with E-state index in [0.29, 0.717) is 12.8 Å². The Morgan fingerprint density at radius 1 is 1.36 bits per heavy atom. The Morgan fingerprint density at radius 3 is 2.27 bits per heavy atom. The molecule has 2 nitrogen and oxygen atoms in total. The van der Waals surface area contributed by atoms with Crippen molar-refractivity contribution in [3.63, 3.8) is 0 Å². The summed E-state index contributed by atoms with van der Waals surface area (Å²) in [7, 11) is 0. The second kappa shape index (κ2) is 5.33. The van der Waals surface area contributed by atoms with E-state index in [0.717, 1.165) is 12.0 Å². The number of hydrogen-bond acceptors (Lipinski definition) is 2. The van der Waals surface area contributed by atoms with Crippen molar-refractivity contribution in [2.45, 2.75) is 45.3 Å². The van der Waals surface area contributed by atoms with E-state index in [1.165, 1.54) is 0 Å². The maximum atomic E-state index is 9.28. The number of aliphatic hydroxyl groups excluding tert-OH is 2. The summed E-state index contributed by atoms with van der Waals surface area (Å²) in [5.74, 6) is 0. The lowest BCUT2D eigenvalue weighted by atomic mass is 10.0. The van der Waals surface area contributed by atoms with Crippen LogP contribution in [0.2, 0.25) is 0 Å². The van der Waals surface area contributed by atoms with Crippen LogP contribution in [0.5, 0.6) is 0 Å². The van der Waals surface area contributed by atoms with Crippen LogP contribution in [-0.2, 0) is 0 Å². The summed E-state index contributed by atoms with van der Waals surface area (Å²) in [5, 5.41) is 18.4. The van der Waals surface area contributed by atoms with E-state index in [9.17, 15) is 5.11 Å². The Balaban J connectivity index is 3.51. The van der Waals surface area contributed by atoms with Gasteiger partial charge in [0.05, 0.1) is 12.2 Å². The van der Waals surface area contributed by atoms with Gasteiger partial charge in [0, 0.05) is 0 Å². The van der Waals surface area contributed by atoms with Crippen molar-refractivity contribution in [1.82, 2.24) is 0 Å². The first-order chi connectivity index (χ1) is 5.07. The van der Waals surface area contributed by atoms with Gasteiger partial charge < -0.3 is 10.2 Å². The molecule has 0 aliphatic heterocycles. The fraction of sp³-hybridized carbons (Fsp3) is 0.778. The Morgan fingerprint density at radius 2 is 1.91 bits per heavy atom. The third kappa shape index (κ3) is 4.99. The van der Waals surface area contributed by atoms with Gasteiger partial charge in [0.25, 0.3) is 0 Å². The standard InChI is InChI=1S/C9H18O2/c1-4-8(10)9(11)6-5-7(2)3/h8-11H,2,4-6H2,1,3H3. The fourth-order valence-corrected chi connectivity index (χ4v) is 0.859. The normalized spacial score (nSPS) is 16.0. The van der Waals surface area contributed by atoms with Gasteiger partial charge in [-0.1, -0.05) is 12.5 Å². The fourth-order valence-electron chi connectivity index (χ4n) is 0.859. The van der Waals surface area contributed by atoms with Gasteiger partial charge in [-0.25, -0.2) is 0 Å². The first-order valence-electron chi connectivity index (χ1n) is 4.08. The third-order valence-electron chi connectivity index (χ3n) is 1.73. The quantitative estimate of drug-likeness (QED) is 0.595. The maximum absolute atomic E-state index is 9.28. The molecule has 0 heterocycles. The van der Waals surface area contributed by atoms with Crippen molar-refractivity contribution in [3.05, 3.63) is 12.2 Å². The lowest BCUT2D eigenvalue weighted by molar-refractivity contribution is 0.0131. The van der Waals surface area contributed by atoms with Gasteiger partial charge in [0.1, 0.15) is 0 Å². The number of aliphatic hydroxyl groups is 2. The summed E-state index contributed by atoms with van der Waals surface area (Å²) in [6.45, 7) is 7.50. The highest BCUT2D eigenvalue weighted by molar-refractivity contribution is 4.88. The van der Waals surface area contributed by atoms with Crippen molar-refractivity contribution in [2.24, 2.45) is 0 Å². The molecular weight excluding hydrogens is 140 g/mol. The summed E-state index contributed by atoms with van der Waals surface area (Å²) in [6, 6.07) is 0. The smallest absolute Gasteiger partial charge is 0.0802 e. The molecule has 0 aliphatic rings. The predicted molar refractivity (Wildman–Crippen MR) is 46.4 cm³/mol. The van der Waals surface area contributed by atoms with Gasteiger partial charge in [0.2, 0.25) is 0 Å². The summed E-state index contributed by atoms with van der Waals surface area (Å²) in [6.07, 6.45) is 0.853. The second-order valence-corrected chi connectivity index (χ2v) is 3.04. The average molecular weight is 158 g/mol. The van der Waals surface area contributed by atoms with Crippen molar-refractivity contribution in [1.29, 1.82) is 0 Å². The van der Waals surface area contributed by atoms with Gasteiger partial charge >= 0.3 is 0 Å². The zero-order valence-electron chi connectivity index (χ0n) is 7.38. The van der Waals surface area contributed by atoms with Crippen molar-refractivity contribution < 1.29 is 10.2 Å². The van der Waals surface area contributed by atoms with Crippen molar-refractivity contribution >= 4 is 0 Å². The van der Waals surface area contributed by atoms with Gasteiger partial charge in [-0.05, 0) is 26.2 Å². The molecule has 66 valence electrons. The van der Waals surface area contributed by atoms with E-state index in [4.69, 9.17) is 5.11 Å². The molecule has 0 saturated carbocycles. The lowest BCUT2D eigenvalue weighted by Crippen LogP contribution is -2.24. The minimum absolute atomic E-state index is 0.575. The molecule has 0 fully saturated rings. The number of allylic oxidation sites excluding steroid dienone is 1. The van der Waals surface area contributed by atoms with E-state index in [1.54, 1.807) is 0 Å². The molecule has 0 amide bonds. The van der Waals surface area contributed by atoms with Crippen LogP contribution in [0.25, 0.3) is 0 Å². The zero-order chi connectivity index (χ0) is 8.85. The van der Waals surface area contributed by atoms with E-state index >= 15 is 0 Å². The highest BCUT2D eigenvalue weighted by Crippen LogP contribution is 2.09. The summed E-state index contributed by atoms with van der Waals surface area (Å²) in [4.78, 5) is 0. The Labute approximate surface area is 68.6 Å². The monoisotopic (exact) mass is 158 g/mol. The molecular formula is C9H18O2. The van der Waals surface area contributed by atoms with Crippen LogP contribution in [0.3, 0.4) is 0 Å². The van der Waals surface area contributed by atoms with Crippen LogP contribution >= 0.6 is 0 Å². The summed E-state index contributed by atoms with van der Waals surface area (Å²) < 4.78 is 0. The molecule has 2 heteroatoms. The Bertz CT molecular complexity index is 121. The first kappa shape index (κ1) is 10.7. The maximum Gasteiger partial charge on any atom is 0.0802 e. The van der Waals surface area contributed by atoms with Gasteiger partial charge in [0.15, 0.2) is 0 Å². The van der Waals surface area contributed by atoms with Crippen molar-refractivity contribution in [3.8, 4) is 0 Å². The zero-order valence-corrected chi connectivity index (χ0v) is 7.38. The Hall–Kier alpha value is -0.340. The molecule has 0 aromatic rings. The highest BCUT2D eigenvalue weighted by Gasteiger charge is 2.12. The van der Waals surface area contributed by atoms with Gasteiger partial charge in [-0.2, -0.15) is 0 Å². The molecule has 2 N–H and O–H groups in total. The molecule has 0 aromatic heterocycles. The molecule has 2 unspecified atom stereocenters. The minimum atomic E-state index is -0.586. The highest BCUT2D eigenvalue weighted by atomic mass is 16.3. The topological polar surface area (TPSA) is 40.5 Å². The Kier molecular flexibility index (Phi) is 5.16. The molecule has 0 spiro atoms. The second-order valence-electron chi connectivity index (χ2n) is 3.04. The largest absolute Gasteiger partial charge is 0.390 e. The van der Waals surface area contributed by atoms with E-state index in [2.05, 4.69) is 6.58 Å². The molecule has 0 radical (unpaired) electrons. The van der Waals surface area contributed by atoms with E-state index < -0.39 is 12.2 Å². The number of hydrogen-bond donors (Lipinski definition) is 2. The van der Waals surface area contributed by atoms with Crippen molar-refractivity contribution in [2.75, 3.05) is 0 Å². The van der Waals surface area contributed by atoms with Crippen LogP contribution in [0.1, 0.15) is 33.1 Å².